The number of halogens is 2. The number of hydrogen-bond acceptors (Lipinski definition) is 6. The van der Waals surface area contributed by atoms with E-state index in [0.29, 0.717) is 53.1 Å². The Bertz CT molecular complexity index is 1280. The van der Waals surface area contributed by atoms with Crippen molar-refractivity contribution in [3.8, 4) is 11.4 Å². The number of aromatic nitrogens is 2. The summed E-state index contributed by atoms with van der Waals surface area (Å²) in [4.78, 5) is 24.6. The van der Waals surface area contributed by atoms with Crippen molar-refractivity contribution in [1.29, 1.82) is 0 Å². The first-order valence-corrected chi connectivity index (χ1v) is 12.2. The molecule has 0 spiro atoms. The standard InChI is InChI=1S/C28H30F2N2O5/c1-5-35-26(33)18-8-6-9-19(16-18)32-24-21(23(31-32)25(29)30)10-7-11-22(24)36-20-14-12-17(13-15-20)27(34)37-28(2,3)4/h6,8-9,12-16,22,25H,5,7,10-11H2,1-4H3. The van der Waals surface area contributed by atoms with E-state index in [-0.39, 0.29) is 12.3 Å². The van der Waals surface area contributed by atoms with E-state index in [1.807, 2.05) is 0 Å². The number of benzene rings is 2. The van der Waals surface area contributed by atoms with Crippen LogP contribution in [0.4, 0.5) is 8.78 Å². The number of hydrogen-bond donors (Lipinski definition) is 0. The molecule has 1 aliphatic rings. The summed E-state index contributed by atoms with van der Waals surface area (Å²) in [5, 5.41) is 4.24. The maximum Gasteiger partial charge on any atom is 0.338 e. The minimum atomic E-state index is -2.75. The number of alkyl halides is 2. The second-order valence-electron chi connectivity index (χ2n) is 9.76. The summed E-state index contributed by atoms with van der Waals surface area (Å²) in [5.74, 6) is -0.464. The van der Waals surface area contributed by atoms with Gasteiger partial charge < -0.3 is 14.2 Å². The van der Waals surface area contributed by atoms with E-state index in [1.165, 1.54) is 4.68 Å². The predicted molar refractivity (Wildman–Crippen MR) is 132 cm³/mol. The lowest BCUT2D eigenvalue weighted by Gasteiger charge is -2.26. The Labute approximate surface area is 214 Å². The molecule has 196 valence electrons. The minimum absolute atomic E-state index is 0.221. The van der Waals surface area contributed by atoms with E-state index in [4.69, 9.17) is 14.2 Å². The first kappa shape index (κ1) is 26.3. The molecule has 37 heavy (non-hydrogen) atoms. The molecule has 0 fully saturated rings. The monoisotopic (exact) mass is 512 g/mol. The van der Waals surface area contributed by atoms with Crippen molar-refractivity contribution < 1.29 is 32.6 Å². The van der Waals surface area contributed by atoms with Crippen molar-refractivity contribution in [2.75, 3.05) is 6.61 Å². The fourth-order valence-electron chi connectivity index (χ4n) is 4.31. The van der Waals surface area contributed by atoms with Gasteiger partial charge in [-0.25, -0.2) is 23.1 Å². The Morgan fingerprint density at radius 2 is 1.81 bits per heavy atom. The molecule has 7 nitrogen and oxygen atoms in total. The molecule has 0 radical (unpaired) electrons. The maximum absolute atomic E-state index is 13.9. The van der Waals surface area contributed by atoms with Crippen LogP contribution in [0.2, 0.25) is 0 Å². The lowest BCUT2D eigenvalue weighted by Crippen LogP contribution is -2.23. The molecule has 0 N–H and O–H groups in total. The summed E-state index contributed by atoms with van der Waals surface area (Å²) < 4.78 is 46.1. The van der Waals surface area contributed by atoms with Crippen LogP contribution in [-0.4, -0.2) is 33.9 Å². The van der Waals surface area contributed by atoms with E-state index < -0.39 is 30.1 Å². The van der Waals surface area contributed by atoms with Gasteiger partial charge in [-0.3, -0.25) is 0 Å². The Balaban J connectivity index is 1.67. The highest BCUT2D eigenvalue weighted by Crippen LogP contribution is 2.39. The molecule has 1 aliphatic carbocycles. The maximum atomic E-state index is 13.9. The first-order valence-electron chi connectivity index (χ1n) is 12.2. The molecular weight excluding hydrogens is 482 g/mol. The number of esters is 2. The third-order valence-electron chi connectivity index (χ3n) is 5.83. The zero-order valence-electron chi connectivity index (χ0n) is 21.3. The number of carbonyl (C=O) groups excluding carboxylic acids is 2. The molecule has 3 aromatic rings. The van der Waals surface area contributed by atoms with Crippen LogP contribution in [-0.2, 0) is 15.9 Å². The third kappa shape index (κ3) is 5.98. The van der Waals surface area contributed by atoms with Crippen LogP contribution in [0.15, 0.2) is 48.5 Å². The molecule has 0 amide bonds. The van der Waals surface area contributed by atoms with E-state index >= 15 is 0 Å². The second-order valence-corrected chi connectivity index (χ2v) is 9.76. The molecule has 1 heterocycles. The van der Waals surface area contributed by atoms with Crippen molar-refractivity contribution in [1.82, 2.24) is 9.78 Å². The summed E-state index contributed by atoms with van der Waals surface area (Å²) in [6.45, 7) is 7.31. The van der Waals surface area contributed by atoms with E-state index in [0.717, 1.165) is 0 Å². The third-order valence-corrected chi connectivity index (χ3v) is 5.83. The lowest BCUT2D eigenvalue weighted by molar-refractivity contribution is 0.00692. The van der Waals surface area contributed by atoms with Gasteiger partial charge in [0.05, 0.1) is 29.1 Å². The summed E-state index contributed by atoms with van der Waals surface area (Å²) in [6, 6.07) is 13.1. The summed E-state index contributed by atoms with van der Waals surface area (Å²) in [5.41, 5.74) is 1.23. The SMILES string of the molecule is CCOC(=O)c1cccc(-n2nc(C(F)F)c3c2C(Oc2ccc(C(=O)OC(C)(C)C)cc2)CCC3)c1. The molecule has 0 bridgehead atoms. The summed E-state index contributed by atoms with van der Waals surface area (Å²) in [6.07, 6.45) is -1.61. The molecule has 1 unspecified atom stereocenters. The average molecular weight is 513 g/mol. The lowest BCUT2D eigenvalue weighted by atomic mass is 9.93. The van der Waals surface area contributed by atoms with Gasteiger partial charge in [0.1, 0.15) is 23.1 Å². The van der Waals surface area contributed by atoms with Gasteiger partial charge in [0.2, 0.25) is 0 Å². The molecular formula is C28H30F2N2O5. The number of ether oxygens (including phenoxy) is 3. The Hall–Kier alpha value is -3.75. The fraction of sp³-hybridized carbons (Fsp3) is 0.393. The van der Waals surface area contributed by atoms with Gasteiger partial charge in [-0.2, -0.15) is 5.10 Å². The van der Waals surface area contributed by atoms with Gasteiger partial charge in [-0.05, 0) is 89.4 Å². The van der Waals surface area contributed by atoms with Crippen LogP contribution in [0.1, 0.15) is 90.7 Å². The van der Waals surface area contributed by atoms with Gasteiger partial charge >= 0.3 is 11.9 Å². The highest BCUT2D eigenvalue weighted by atomic mass is 19.3. The highest BCUT2D eigenvalue weighted by Gasteiger charge is 2.33. The van der Waals surface area contributed by atoms with Crippen LogP contribution in [0, 0.1) is 0 Å². The van der Waals surface area contributed by atoms with Crippen LogP contribution in [0.5, 0.6) is 5.75 Å². The molecule has 0 saturated heterocycles. The first-order chi connectivity index (χ1) is 17.6. The topological polar surface area (TPSA) is 79.7 Å². The van der Waals surface area contributed by atoms with Gasteiger partial charge in [-0.15, -0.1) is 0 Å². The Morgan fingerprint density at radius 1 is 1.08 bits per heavy atom. The summed E-state index contributed by atoms with van der Waals surface area (Å²) >= 11 is 0. The number of fused-ring (bicyclic) bond motifs is 1. The minimum Gasteiger partial charge on any atom is -0.484 e. The van der Waals surface area contributed by atoms with Crippen molar-refractivity contribution >= 4 is 11.9 Å². The molecule has 1 atom stereocenters. The fourth-order valence-corrected chi connectivity index (χ4v) is 4.31. The van der Waals surface area contributed by atoms with Crippen molar-refractivity contribution in [3.05, 3.63) is 76.6 Å². The molecule has 0 aliphatic heterocycles. The van der Waals surface area contributed by atoms with Crippen LogP contribution >= 0.6 is 0 Å². The van der Waals surface area contributed by atoms with Crippen LogP contribution in [0.25, 0.3) is 5.69 Å². The molecule has 0 saturated carbocycles. The van der Waals surface area contributed by atoms with Crippen molar-refractivity contribution in [2.45, 2.75) is 65.1 Å². The van der Waals surface area contributed by atoms with E-state index in [9.17, 15) is 18.4 Å². The van der Waals surface area contributed by atoms with E-state index in [2.05, 4.69) is 5.10 Å². The zero-order valence-corrected chi connectivity index (χ0v) is 21.3. The van der Waals surface area contributed by atoms with Gasteiger partial charge in [0.25, 0.3) is 6.43 Å². The number of nitrogens with zero attached hydrogens (tertiary/aromatic N) is 2. The average Bonchev–Trinajstić information content (AvgIpc) is 3.25. The van der Waals surface area contributed by atoms with Crippen molar-refractivity contribution in [3.63, 3.8) is 0 Å². The van der Waals surface area contributed by atoms with Gasteiger partial charge in [0.15, 0.2) is 0 Å². The number of rotatable bonds is 7. The largest absolute Gasteiger partial charge is 0.484 e. The van der Waals surface area contributed by atoms with Gasteiger partial charge in [0, 0.05) is 5.56 Å². The van der Waals surface area contributed by atoms with Gasteiger partial charge in [-0.1, -0.05) is 6.07 Å². The molecule has 1 aromatic heterocycles. The summed E-state index contributed by atoms with van der Waals surface area (Å²) in [7, 11) is 0. The Kier molecular flexibility index (Phi) is 7.61. The Morgan fingerprint density at radius 3 is 2.46 bits per heavy atom. The van der Waals surface area contributed by atoms with Crippen LogP contribution < -0.4 is 4.74 Å². The number of carbonyl (C=O) groups is 2. The normalized spacial score (nSPS) is 15.3. The predicted octanol–water partition coefficient (Wildman–Crippen LogP) is 6.40. The molecule has 4 rings (SSSR count). The van der Waals surface area contributed by atoms with Crippen molar-refractivity contribution in [2.24, 2.45) is 0 Å². The molecule has 9 heteroatoms. The highest BCUT2D eigenvalue weighted by molar-refractivity contribution is 5.90. The molecule has 2 aromatic carbocycles. The smallest absolute Gasteiger partial charge is 0.338 e. The zero-order chi connectivity index (χ0) is 26.7. The van der Waals surface area contributed by atoms with Crippen LogP contribution in [0.3, 0.4) is 0 Å². The van der Waals surface area contributed by atoms with E-state index in [1.54, 1.807) is 76.2 Å². The quantitative estimate of drug-likeness (QED) is 0.341. The second kappa shape index (κ2) is 10.7.